The van der Waals surface area contributed by atoms with Gasteiger partial charge in [0.1, 0.15) is 5.75 Å². The second-order valence-electron chi connectivity index (χ2n) is 6.15. The summed E-state index contributed by atoms with van der Waals surface area (Å²) in [6, 6.07) is 27.0. The summed E-state index contributed by atoms with van der Waals surface area (Å²) in [4.78, 5) is 16.5. The lowest BCUT2D eigenvalue weighted by molar-refractivity contribution is -0.123. The molecule has 0 aliphatic heterocycles. The molecule has 0 fully saturated rings. The zero-order chi connectivity index (χ0) is 18.9. The maximum atomic E-state index is 12.1. The normalized spacial score (nSPS) is 11.9. The van der Waals surface area contributed by atoms with Crippen LogP contribution in [-0.4, -0.2) is 18.7 Å². The number of ether oxygens (including phenoxy) is 1. The van der Waals surface area contributed by atoms with Crippen molar-refractivity contribution in [2.45, 2.75) is 13.0 Å². The monoisotopic (exact) mass is 358 g/mol. The van der Waals surface area contributed by atoms with Gasteiger partial charge in [-0.15, -0.1) is 0 Å². The molecule has 4 heteroatoms. The van der Waals surface area contributed by atoms with Gasteiger partial charge in [-0.1, -0.05) is 48.5 Å². The fourth-order valence-corrected chi connectivity index (χ4v) is 2.57. The Morgan fingerprint density at radius 1 is 0.963 bits per heavy atom. The van der Waals surface area contributed by atoms with Crippen molar-refractivity contribution in [3.63, 3.8) is 0 Å². The van der Waals surface area contributed by atoms with E-state index in [0.717, 1.165) is 16.8 Å². The third-order valence-electron chi connectivity index (χ3n) is 4.05. The van der Waals surface area contributed by atoms with Crippen LogP contribution in [0.15, 0.2) is 89.9 Å². The number of nitrogens with one attached hydrogen (secondary N) is 1. The Labute approximate surface area is 159 Å². The van der Waals surface area contributed by atoms with Gasteiger partial charge in [-0.3, -0.25) is 9.79 Å². The first-order valence-corrected chi connectivity index (χ1v) is 8.87. The highest BCUT2D eigenvalue weighted by Gasteiger charge is 2.09. The van der Waals surface area contributed by atoms with Gasteiger partial charge in [0.05, 0.1) is 11.7 Å². The molecule has 27 heavy (non-hydrogen) atoms. The van der Waals surface area contributed by atoms with Gasteiger partial charge in [-0.25, -0.2) is 0 Å². The van der Waals surface area contributed by atoms with Crippen LogP contribution in [0, 0.1) is 0 Å². The van der Waals surface area contributed by atoms with Crippen molar-refractivity contribution in [3.05, 3.63) is 96.1 Å². The third-order valence-corrected chi connectivity index (χ3v) is 4.05. The Hall–Kier alpha value is -3.40. The molecule has 0 saturated carbocycles. The van der Waals surface area contributed by atoms with E-state index in [2.05, 4.69) is 10.3 Å². The Kier molecular flexibility index (Phi) is 6.36. The lowest BCUT2D eigenvalue weighted by Gasteiger charge is -2.14. The van der Waals surface area contributed by atoms with E-state index < -0.39 is 0 Å². The number of rotatable bonds is 7. The molecule has 4 nitrogen and oxygen atoms in total. The zero-order valence-corrected chi connectivity index (χ0v) is 15.2. The van der Waals surface area contributed by atoms with E-state index in [1.54, 1.807) is 6.21 Å². The maximum Gasteiger partial charge on any atom is 0.258 e. The Balaban J connectivity index is 1.48. The second kappa shape index (κ2) is 9.34. The Morgan fingerprint density at radius 3 is 2.26 bits per heavy atom. The molecule has 136 valence electrons. The highest BCUT2D eigenvalue weighted by molar-refractivity contribution is 5.82. The van der Waals surface area contributed by atoms with E-state index in [1.165, 1.54) is 0 Å². The lowest BCUT2D eigenvalue weighted by atomic mass is 10.1. The van der Waals surface area contributed by atoms with Crippen LogP contribution >= 0.6 is 0 Å². The van der Waals surface area contributed by atoms with E-state index in [4.69, 9.17) is 4.74 Å². The van der Waals surface area contributed by atoms with Crippen LogP contribution in [0.25, 0.3) is 0 Å². The number of carbonyl (C=O) groups is 1. The number of aliphatic imine (C=N–C) groups is 1. The average Bonchev–Trinajstić information content (AvgIpc) is 2.73. The van der Waals surface area contributed by atoms with Crippen LogP contribution in [0.1, 0.15) is 24.1 Å². The van der Waals surface area contributed by atoms with Gasteiger partial charge < -0.3 is 10.1 Å². The van der Waals surface area contributed by atoms with Crippen molar-refractivity contribution >= 4 is 17.8 Å². The molecule has 1 atom stereocenters. The number of amides is 1. The SMILES string of the molecule is C[C@H](NC(=O)COc1ccc(C=Nc2ccccc2)cc1)c1ccccc1. The van der Waals surface area contributed by atoms with Gasteiger partial charge in [0.2, 0.25) is 0 Å². The molecule has 0 saturated heterocycles. The van der Waals surface area contributed by atoms with Crippen LogP contribution in [0.4, 0.5) is 5.69 Å². The minimum Gasteiger partial charge on any atom is -0.484 e. The number of para-hydroxylation sites is 1. The van der Waals surface area contributed by atoms with Crippen molar-refractivity contribution in [1.82, 2.24) is 5.32 Å². The molecule has 1 amide bonds. The van der Waals surface area contributed by atoms with Gasteiger partial charge in [-0.2, -0.15) is 0 Å². The summed E-state index contributed by atoms with van der Waals surface area (Å²) in [6.07, 6.45) is 1.80. The minimum absolute atomic E-state index is 0.0192. The van der Waals surface area contributed by atoms with Crippen LogP contribution in [0.2, 0.25) is 0 Å². The number of hydrogen-bond acceptors (Lipinski definition) is 3. The molecule has 3 aromatic rings. The quantitative estimate of drug-likeness (QED) is 0.623. The third kappa shape index (κ3) is 5.82. The van der Waals surface area contributed by atoms with E-state index in [-0.39, 0.29) is 18.6 Å². The molecule has 0 aromatic heterocycles. The largest absolute Gasteiger partial charge is 0.484 e. The maximum absolute atomic E-state index is 12.1. The summed E-state index contributed by atoms with van der Waals surface area (Å²) >= 11 is 0. The first-order valence-electron chi connectivity index (χ1n) is 8.87. The van der Waals surface area contributed by atoms with Gasteiger partial charge >= 0.3 is 0 Å². The van der Waals surface area contributed by atoms with Crippen LogP contribution in [0.3, 0.4) is 0 Å². The lowest BCUT2D eigenvalue weighted by Crippen LogP contribution is -2.31. The Bertz CT molecular complexity index is 875. The van der Waals surface area contributed by atoms with E-state index >= 15 is 0 Å². The smallest absolute Gasteiger partial charge is 0.258 e. The van der Waals surface area contributed by atoms with Gasteiger partial charge in [0, 0.05) is 6.21 Å². The van der Waals surface area contributed by atoms with Gasteiger partial charge in [0.25, 0.3) is 5.91 Å². The van der Waals surface area contributed by atoms with Crippen molar-refractivity contribution in [1.29, 1.82) is 0 Å². The topological polar surface area (TPSA) is 50.7 Å². The molecule has 0 aliphatic rings. The molecular weight excluding hydrogens is 336 g/mol. The molecule has 0 aliphatic carbocycles. The number of hydrogen-bond donors (Lipinski definition) is 1. The molecular formula is C23H22N2O2. The fraction of sp³-hybridized carbons (Fsp3) is 0.130. The molecule has 0 unspecified atom stereocenters. The number of benzene rings is 3. The summed E-state index contributed by atoms with van der Waals surface area (Å²) in [5.74, 6) is 0.496. The fourth-order valence-electron chi connectivity index (χ4n) is 2.57. The van der Waals surface area contributed by atoms with E-state index in [1.807, 2.05) is 91.9 Å². The number of nitrogens with zero attached hydrogens (tertiary/aromatic N) is 1. The highest BCUT2D eigenvalue weighted by Crippen LogP contribution is 2.14. The highest BCUT2D eigenvalue weighted by atomic mass is 16.5. The summed E-state index contributed by atoms with van der Waals surface area (Å²) in [7, 11) is 0. The molecule has 3 rings (SSSR count). The molecule has 0 spiro atoms. The summed E-state index contributed by atoms with van der Waals surface area (Å²) in [6.45, 7) is 1.93. The molecule has 0 bridgehead atoms. The first kappa shape index (κ1) is 18.4. The van der Waals surface area contributed by atoms with Crippen molar-refractivity contribution in [2.75, 3.05) is 6.61 Å². The molecule has 1 N–H and O–H groups in total. The summed E-state index contributed by atoms with van der Waals surface area (Å²) in [5.41, 5.74) is 2.93. The van der Waals surface area contributed by atoms with E-state index in [0.29, 0.717) is 5.75 Å². The van der Waals surface area contributed by atoms with Crippen molar-refractivity contribution in [2.24, 2.45) is 4.99 Å². The zero-order valence-electron chi connectivity index (χ0n) is 15.2. The second-order valence-corrected chi connectivity index (χ2v) is 6.15. The van der Waals surface area contributed by atoms with Crippen molar-refractivity contribution < 1.29 is 9.53 Å². The van der Waals surface area contributed by atoms with Crippen LogP contribution in [-0.2, 0) is 4.79 Å². The first-order chi connectivity index (χ1) is 13.2. The van der Waals surface area contributed by atoms with Gasteiger partial charge in [0.15, 0.2) is 6.61 Å². The number of carbonyl (C=O) groups excluding carboxylic acids is 1. The summed E-state index contributed by atoms with van der Waals surface area (Å²) in [5, 5.41) is 2.93. The van der Waals surface area contributed by atoms with Crippen LogP contribution in [0.5, 0.6) is 5.75 Å². The molecule has 0 heterocycles. The Morgan fingerprint density at radius 2 is 1.59 bits per heavy atom. The predicted molar refractivity (Wildman–Crippen MR) is 109 cm³/mol. The van der Waals surface area contributed by atoms with Crippen molar-refractivity contribution in [3.8, 4) is 5.75 Å². The van der Waals surface area contributed by atoms with Crippen LogP contribution < -0.4 is 10.1 Å². The predicted octanol–water partition coefficient (Wildman–Crippen LogP) is 4.69. The van der Waals surface area contributed by atoms with E-state index in [9.17, 15) is 4.79 Å². The minimum atomic E-state index is -0.152. The molecule has 0 radical (unpaired) electrons. The summed E-state index contributed by atoms with van der Waals surface area (Å²) < 4.78 is 5.57. The standard InChI is InChI=1S/C23H22N2O2/c1-18(20-8-4-2-5-9-20)25-23(26)17-27-22-14-12-19(13-15-22)16-24-21-10-6-3-7-11-21/h2-16,18H,17H2,1H3,(H,25,26)/t18-/m0/s1. The average molecular weight is 358 g/mol. The van der Waals surface area contributed by atoms with Gasteiger partial charge in [-0.05, 0) is 54.4 Å². The molecule has 3 aromatic carbocycles.